The maximum Gasteiger partial charge on any atom is 0.250 e. The number of nitriles is 1. The fourth-order valence-electron chi connectivity index (χ4n) is 6.86. The second-order valence-corrected chi connectivity index (χ2v) is 11.7. The van der Waals surface area contributed by atoms with Gasteiger partial charge in [0.2, 0.25) is 17.7 Å². The number of halogens is 1. The minimum absolute atomic E-state index is 0.0936. The quantitative estimate of drug-likeness (QED) is 0.436. The molecule has 3 aromatic rings. The molecule has 7 rings (SSSR count). The molecule has 1 spiro atoms. The SMILES string of the molecule is N#Cc1c(N2C(=O)[C@@H]3[C@H](Cc4ccc(O)cc4)N[C@]4(C(=O)Nc5ccc(F)cc54)[C@H]3C2=O)sc2c1CCCC2. The first kappa shape index (κ1) is 24.0. The maximum atomic E-state index is 14.5. The number of nitrogens with one attached hydrogen (secondary N) is 2. The Labute approximate surface area is 227 Å². The van der Waals surface area contributed by atoms with Gasteiger partial charge in [-0.1, -0.05) is 12.1 Å². The van der Waals surface area contributed by atoms with Gasteiger partial charge < -0.3 is 10.4 Å². The van der Waals surface area contributed by atoms with Gasteiger partial charge in [-0.25, -0.2) is 9.29 Å². The van der Waals surface area contributed by atoms with E-state index in [1.807, 2.05) is 0 Å². The minimum atomic E-state index is -1.64. The van der Waals surface area contributed by atoms with Gasteiger partial charge in [0.25, 0.3) is 0 Å². The van der Waals surface area contributed by atoms with Crippen LogP contribution in [0, 0.1) is 29.0 Å². The first-order valence-corrected chi connectivity index (χ1v) is 13.7. The Hall–Kier alpha value is -4.07. The normalized spacial score (nSPS) is 26.9. The van der Waals surface area contributed by atoms with Gasteiger partial charge in [0.05, 0.1) is 17.4 Å². The van der Waals surface area contributed by atoms with Crippen LogP contribution in [0.3, 0.4) is 0 Å². The molecule has 4 aliphatic rings. The number of hydrogen-bond acceptors (Lipinski definition) is 7. The Morgan fingerprint density at radius 1 is 1.10 bits per heavy atom. The Morgan fingerprint density at radius 2 is 1.87 bits per heavy atom. The van der Waals surface area contributed by atoms with Crippen LogP contribution in [0.5, 0.6) is 5.75 Å². The molecular weight excluding hydrogens is 519 g/mol. The summed E-state index contributed by atoms with van der Waals surface area (Å²) in [6, 6.07) is 12.0. The number of nitrogens with zero attached hydrogens (tertiary/aromatic N) is 2. The van der Waals surface area contributed by atoms with E-state index in [2.05, 4.69) is 16.7 Å². The van der Waals surface area contributed by atoms with Crippen LogP contribution in [-0.2, 0) is 39.2 Å². The molecule has 39 heavy (non-hydrogen) atoms. The van der Waals surface area contributed by atoms with Crippen molar-refractivity contribution in [2.75, 3.05) is 10.2 Å². The highest BCUT2D eigenvalue weighted by atomic mass is 32.1. The molecule has 196 valence electrons. The maximum absolute atomic E-state index is 14.5. The number of phenols is 1. The molecule has 4 heterocycles. The Kier molecular flexibility index (Phi) is 5.21. The lowest BCUT2D eigenvalue weighted by molar-refractivity contribution is -0.130. The molecule has 2 aromatic carbocycles. The van der Waals surface area contributed by atoms with Crippen molar-refractivity contribution in [3.63, 3.8) is 0 Å². The van der Waals surface area contributed by atoms with Crippen LogP contribution < -0.4 is 15.5 Å². The number of hydrogen-bond donors (Lipinski definition) is 3. The Balaban J connectivity index is 1.38. The molecule has 0 radical (unpaired) electrons. The van der Waals surface area contributed by atoms with Gasteiger partial charge in [0.1, 0.15) is 28.2 Å². The molecular formula is C29H23FN4O4S. The van der Waals surface area contributed by atoms with Crippen molar-refractivity contribution in [1.29, 1.82) is 5.26 Å². The van der Waals surface area contributed by atoms with E-state index in [9.17, 15) is 29.1 Å². The smallest absolute Gasteiger partial charge is 0.250 e. The third kappa shape index (κ3) is 3.27. The number of imide groups is 1. The number of rotatable bonds is 3. The molecule has 1 aliphatic carbocycles. The zero-order valence-corrected chi connectivity index (χ0v) is 21.5. The number of benzene rings is 2. The van der Waals surface area contributed by atoms with Gasteiger partial charge >= 0.3 is 0 Å². The molecule has 3 amide bonds. The number of aryl methyl sites for hydroxylation is 1. The number of aromatic hydroxyl groups is 1. The van der Waals surface area contributed by atoms with Crippen molar-refractivity contribution in [1.82, 2.24) is 5.32 Å². The van der Waals surface area contributed by atoms with Crippen molar-refractivity contribution in [2.24, 2.45) is 11.8 Å². The number of fused-ring (bicyclic) bond motifs is 5. The molecule has 8 nitrogen and oxygen atoms in total. The molecule has 0 saturated carbocycles. The molecule has 1 aromatic heterocycles. The first-order chi connectivity index (χ1) is 18.8. The number of thiophene rings is 1. The van der Waals surface area contributed by atoms with E-state index in [0.29, 0.717) is 28.2 Å². The van der Waals surface area contributed by atoms with Gasteiger partial charge in [-0.05, 0) is 73.6 Å². The van der Waals surface area contributed by atoms with E-state index in [4.69, 9.17) is 0 Å². The lowest BCUT2D eigenvalue weighted by Gasteiger charge is -2.29. The topological polar surface area (TPSA) is 123 Å². The van der Waals surface area contributed by atoms with E-state index in [1.165, 1.54) is 41.7 Å². The highest BCUT2D eigenvalue weighted by molar-refractivity contribution is 7.17. The second-order valence-electron chi connectivity index (χ2n) is 10.6. The van der Waals surface area contributed by atoms with E-state index in [-0.39, 0.29) is 5.75 Å². The predicted octanol–water partition coefficient (Wildman–Crippen LogP) is 3.51. The second kappa shape index (κ2) is 8.46. The van der Waals surface area contributed by atoms with Crippen molar-refractivity contribution < 1.29 is 23.9 Å². The summed E-state index contributed by atoms with van der Waals surface area (Å²) in [6.07, 6.45) is 3.73. The number of phenolic OH excluding ortho intramolecular Hbond substituents is 1. The summed E-state index contributed by atoms with van der Waals surface area (Å²) < 4.78 is 14.5. The highest BCUT2D eigenvalue weighted by Gasteiger charge is 2.71. The van der Waals surface area contributed by atoms with Crippen LogP contribution >= 0.6 is 11.3 Å². The minimum Gasteiger partial charge on any atom is -0.508 e. The average molecular weight is 543 g/mol. The van der Waals surface area contributed by atoms with E-state index in [0.717, 1.165) is 46.6 Å². The largest absolute Gasteiger partial charge is 0.508 e. The van der Waals surface area contributed by atoms with Crippen molar-refractivity contribution in [3.8, 4) is 11.8 Å². The van der Waals surface area contributed by atoms with Crippen LogP contribution in [0.25, 0.3) is 0 Å². The third-order valence-corrected chi connectivity index (χ3v) is 9.81. The fourth-order valence-corrected chi connectivity index (χ4v) is 8.21. The summed E-state index contributed by atoms with van der Waals surface area (Å²) in [6.45, 7) is 0. The summed E-state index contributed by atoms with van der Waals surface area (Å²) in [5.41, 5.74) is 1.10. The molecule has 2 fully saturated rings. The monoisotopic (exact) mass is 542 g/mol. The molecule has 3 aliphatic heterocycles. The molecule has 4 atom stereocenters. The number of carbonyl (C=O) groups is 3. The summed E-state index contributed by atoms with van der Waals surface area (Å²) in [5.74, 6) is -4.05. The van der Waals surface area contributed by atoms with Crippen LogP contribution in [0.2, 0.25) is 0 Å². The predicted molar refractivity (Wildman–Crippen MR) is 141 cm³/mol. The summed E-state index contributed by atoms with van der Waals surface area (Å²) in [5, 5.41) is 26.2. The van der Waals surface area contributed by atoms with Gasteiger partial charge in [0.15, 0.2) is 0 Å². The molecule has 3 N–H and O–H groups in total. The van der Waals surface area contributed by atoms with Gasteiger partial charge in [-0.3, -0.25) is 19.7 Å². The third-order valence-electron chi connectivity index (χ3n) is 8.54. The van der Waals surface area contributed by atoms with Gasteiger partial charge in [-0.15, -0.1) is 11.3 Å². The summed E-state index contributed by atoms with van der Waals surface area (Å²) >= 11 is 1.31. The fraction of sp³-hybridized carbons (Fsp3) is 0.310. The van der Waals surface area contributed by atoms with Crippen LogP contribution in [0.1, 0.15) is 40.0 Å². The van der Waals surface area contributed by atoms with Crippen LogP contribution in [0.4, 0.5) is 15.1 Å². The Morgan fingerprint density at radius 3 is 2.64 bits per heavy atom. The van der Waals surface area contributed by atoms with E-state index in [1.54, 1.807) is 12.1 Å². The molecule has 0 bridgehead atoms. The lowest BCUT2D eigenvalue weighted by atomic mass is 9.76. The summed E-state index contributed by atoms with van der Waals surface area (Å²) in [4.78, 5) is 44.3. The molecule has 10 heteroatoms. The van der Waals surface area contributed by atoms with Crippen molar-refractivity contribution >= 4 is 39.7 Å². The van der Waals surface area contributed by atoms with Crippen molar-refractivity contribution in [2.45, 2.75) is 43.7 Å². The Bertz CT molecular complexity index is 1630. The molecule has 0 unspecified atom stereocenters. The van der Waals surface area contributed by atoms with Gasteiger partial charge in [0, 0.05) is 22.2 Å². The average Bonchev–Trinajstić information content (AvgIpc) is 3.61. The zero-order valence-electron chi connectivity index (χ0n) is 20.7. The number of carbonyl (C=O) groups excluding carboxylic acids is 3. The van der Waals surface area contributed by atoms with E-state index >= 15 is 0 Å². The summed E-state index contributed by atoms with van der Waals surface area (Å²) in [7, 11) is 0. The van der Waals surface area contributed by atoms with Gasteiger partial charge in [-0.2, -0.15) is 5.26 Å². The van der Waals surface area contributed by atoms with Crippen LogP contribution in [0.15, 0.2) is 42.5 Å². The standard InChI is InChI=1S/C29H23FN4O4S/c30-15-7-10-20-19(12-15)29(28(38)32-20)24-23(21(33-29)11-14-5-8-16(35)9-6-14)25(36)34(26(24)37)27-18(13-31)17-3-1-2-4-22(17)39-27/h5-10,12,21,23-24,33,35H,1-4,11H2,(H,32,38)/t21-,23+,24+,29-/m0/s1. The lowest BCUT2D eigenvalue weighted by Crippen LogP contribution is -2.53. The molecule has 2 saturated heterocycles. The van der Waals surface area contributed by atoms with Crippen LogP contribution in [-0.4, -0.2) is 28.9 Å². The highest BCUT2D eigenvalue weighted by Crippen LogP contribution is 2.55. The zero-order chi connectivity index (χ0) is 27.1. The van der Waals surface area contributed by atoms with Crippen molar-refractivity contribution in [3.05, 3.63) is 75.4 Å². The number of amides is 3. The van der Waals surface area contributed by atoms with E-state index < -0.39 is 47.0 Å². The first-order valence-electron chi connectivity index (χ1n) is 12.9. The number of anilines is 2.